The minimum Gasteiger partial charge on any atom is -0.507 e. The van der Waals surface area contributed by atoms with E-state index in [0.29, 0.717) is 15.6 Å². The number of carbonyl (C=O) groups excluding carboxylic acids is 1. The largest absolute Gasteiger partial charge is 0.507 e. The van der Waals surface area contributed by atoms with Crippen LogP contribution in [0.4, 0.5) is 11.4 Å². The smallest absolute Gasteiger partial charge is 0.271 e. The Morgan fingerprint density at radius 3 is 2.36 bits per heavy atom. The van der Waals surface area contributed by atoms with Crippen LogP contribution in [0.3, 0.4) is 0 Å². The highest BCUT2D eigenvalue weighted by molar-refractivity contribution is 9.10. The molecule has 1 aliphatic heterocycles. The Kier molecular flexibility index (Phi) is 5.32. The first-order valence-electron chi connectivity index (χ1n) is 8.53. The SMILES string of the molecule is O=C1/C(=C/c2cc(Br)ccc2O)SC(=Nc2ccccc2)N1c1ccccc1. The van der Waals surface area contributed by atoms with Gasteiger partial charge in [-0.2, -0.15) is 0 Å². The molecule has 1 saturated heterocycles. The van der Waals surface area contributed by atoms with Crippen LogP contribution in [0.25, 0.3) is 6.08 Å². The molecule has 4 rings (SSSR count). The fourth-order valence-electron chi connectivity index (χ4n) is 2.75. The van der Waals surface area contributed by atoms with Gasteiger partial charge in [-0.15, -0.1) is 0 Å². The number of para-hydroxylation sites is 2. The zero-order valence-corrected chi connectivity index (χ0v) is 17.0. The fourth-order valence-corrected chi connectivity index (χ4v) is 4.12. The summed E-state index contributed by atoms with van der Waals surface area (Å²) in [7, 11) is 0. The zero-order valence-electron chi connectivity index (χ0n) is 14.6. The number of aliphatic imine (C=N–C) groups is 1. The summed E-state index contributed by atoms with van der Waals surface area (Å²) in [6.45, 7) is 0. The van der Waals surface area contributed by atoms with Crippen molar-refractivity contribution in [3.63, 3.8) is 0 Å². The summed E-state index contributed by atoms with van der Waals surface area (Å²) >= 11 is 4.69. The van der Waals surface area contributed by atoms with Gasteiger partial charge in [-0.3, -0.25) is 9.69 Å². The number of carbonyl (C=O) groups is 1. The lowest BCUT2D eigenvalue weighted by Crippen LogP contribution is -2.28. The highest BCUT2D eigenvalue weighted by Crippen LogP contribution is 2.38. The molecule has 28 heavy (non-hydrogen) atoms. The number of halogens is 1. The molecule has 0 radical (unpaired) electrons. The zero-order chi connectivity index (χ0) is 19.5. The number of amidine groups is 1. The van der Waals surface area contributed by atoms with Gasteiger partial charge >= 0.3 is 0 Å². The average molecular weight is 451 g/mol. The molecule has 0 atom stereocenters. The number of hydrogen-bond acceptors (Lipinski definition) is 4. The van der Waals surface area contributed by atoms with Gasteiger partial charge in [0.1, 0.15) is 5.75 Å². The lowest BCUT2D eigenvalue weighted by molar-refractivity contribution is -0.113. The average Bonchev–Trinajstić information content (AvgIpc) is 3.01. The molecular formula is C22H15BrN2O2S. The van der Waals surface area contributed by atoms with E-state index in [4.69, 9.17) is 0 Å². The molecule has 0 spiro atoms. The van der Waals surface area contributed by atoms with Crippen molar-refractivity contribution in [3.05, 3.63) is 93.8 Å². The third kappa shape index (κ3) is 3.88. The van der Waals surface area contributed by atoms with E-state index in [1.807, 2.05) is 60.7 Å². The maximum absolute atomic E-state index is 13.2. The van der Waals surface area contributed by atoms with Gasteiger partial charge in [0.05, 0.1) is 16.3 Å². The van der Waals surface area contributed by atoms with E-state index < -0.39 is 0 Å². The van der Waals surface area contributed by atoms with E-state index >= 15 is 0 Å². The molecule has 0 aromatic heterocycles. The second-order valence-corrected chi connectivity index (χ2v) is 7.94. The molecule has 6 heteroatoms. The highest BCUT2D eigenvalue weighted by Gasteiger charge is 2.34. The Balaban J connectivity index is 1.79. The Labute approximate surface area is 175 Å². The summed E-state index contributed by atoms with van der Waals surface area (Å²) in [6.07, 6.45) is 1.69. The number of hydrogen-bond donors (Lipinski definition) is 1. The number of aromatic hydroxyl groups is 1. The molecule has 0 saturated carbocycles. The number of nitrogens with zero attached hydrogens (tertiary/aromatic N) is 2. The van der Waals surface area contributed by atoms with Crippen LogP contribution in [-0.2, 0) is 4.79 Å². The molecule has 1 fully saturated rings. The number of rotatable bonds is 3. The van der Waals surface area contributed by atoms with E-state index in [0.717, 1.165) is 15.8 Å². The first-order chi connectivity index (χ1) is 13.6. The first kappa shape index (κ1) is 18.5. The summed E-state index contributed by atoms with van der Waals surface area (Å²) in [6, 6.07) is 24.1. The van der Waals surface area contributed by atoms with Crippen LogP contribution in [0.15, 0.2) is 93.2 Å². The van der Waals surface area contributed by atoms with Crippen LogP contribution in [-0.4, -0.2) is 16.2 Å². The fraction of sp³-hybridized carbons (Fsp3) is 0. The van der Waals surface area contributed by atoms with Crippen LogP contribution in [0.1, 0.15) is 5.56 Å². The van der Waals surface area contributed by atoms with Crippen molar-refractivity contribution in [1.29, 1.82) is 0 Å². The molecule has 3 aromatic carbocycles. The maximum Gasteiger partial charge on any atom is 0.271 e. The molecule has 1 heterocycles. The van der Waals surface area contributed by atoms with E-state index in [1.54, 1.807) is 29.2 Å². The third-order valence-electron chi connectivity index (χ3n) is 4.08. The van der Waals surface area contributed by atoms with Gasteiger partial charge in [0.2, 0.25) is 0 Å². The van der Waals surface area contributed by atoms with Gasteiger partial charge in [0.15, 0.2) is 5.17 Å². The van der Waals surface area contributed by atoms with Crippen molar-refractivity contribution < 1.29 is 9.90 Å². The number of thioether (sulfide) groups is 1. The van der Waals surface area contributed by atoms with Gasteiger partial charge in [-0.25, -0.2) is 4.99 Å². The van der Waals surface area contributed by atoms with Gasteiger partial charge in [-0.1, -0.05) is 52.3 Å². The lowest BCUT2D eigenvalue weighted by atomic mass is 10.2. The summed E-state index contributed by atoms with van der Waals surface area (Å²) in [4.78, 5) is 19.9. The number of amides is 1. The summed E-state index contributed by atoms with van der Waals surface area (Å²) in [5.74, 6) is -0.0611. The van der Waals surface area contributed by atoms with E-state index in [1.165, 1.54) is 11.8 Å². The standard InChI is InChI=1S/C22H15BrN2O2S/c23-16-11-12-19(26)15(13-16)14-20-21(27)25(18-9-5-2-6-10-18)22(28-20)24-17-7-3-1-4-8-17/h1-14,26H/b20-14-,24-22?. The first-order valence-corrected chi connectivity index (χ1v) is 10.1. The van der Waals surface area contributed by atoms with Crippen molar-refractivity contribution in [2.45, 2.75) is 0 Å². The van der Waals surface area contributed by atoms with Crippen LogP contribution in [0, 0.1) is 0 Å². The molecule has 3 aromatic rings. The van der Waals surface area contributed by atoms with Gasteiger partial charge < -0.3 is 5.11 Å². The van der Waals surface area contributed by atoms with Gasteiger partial charge in [-0.05, 0) is 60.3 Å². The molecule has 4 nitrogen and oxygen atoms in total. The Morgan fingerprint density at radius 2 is 1.64 bits per heavy atom. The molecule has 1 N–H and O–H groups in total. The number of phenols is 1. The van der Waals surface area contributed by atoms with Crippen molar-refractivity contribution >= 4 is 56.2 Å². The van der Waals surface area contributed by atoms with E-state index in [9.17, 15) is 9.90 Å². The summed E-state index contributed by atoms with van der Waals surface area (Å²) < 4.78 is 0.825. The topological polar surface area (TPSA) is 52.9 Å². The number of benzene rings is 3. The van der Waals surface area contributed by atoms with Crippen LogP contribution >= 0.6 is 27.7 Å². The van der Waals surface area contributed by atoms with E-state index in [-0.39, 0.29) is 11.7 Å². The molecule has 1 aliphatic rings. The second-order valence-electron chi connectivity index (χ2n) is 6.02. The quantitative estimate of drug-likeness (QED) is 0.500. The normalized spacial score (nSPS) is 16.9. The van der Waals surface area contributed by atoms with Crippen LogP contribution < -0.4 is 4.90 Å². The minimum atomic E-state index is -0.176. The predicted octanol–water partition coefficient (Wildman–Crippen LogP) is 5.96. The van der Waals surface area contributed by atoms with E-state index in [2.05, 4.69) is 20.9 Å². The Morgan fingerprint density at radius 1 is 0.964 bits per heavy atom. The van der Waals surface area contributed by atoms with Crippen molar-refractivity contribution in [2.75, 3.05) is 4.90 Å². The Hall–Kier alpha value is -2.83. The van der Waals surface area contributed by atoms with Crippen molar-refractivity contribution in [1.82, 2.24) is 0 Å². The summed E-state index contributed by atoms with van der Waals surface area (Å²) in [5, 5.41) is 10.7. The predicted molar refractivity (Wildman–Crippen MR) is 119 cm³/mol. The molecule has 1 amide bonds. The van der Waals surface area contributed by atoms with Gasteiger partial charge in [0, 0.05) is 10.0 Å². The molecule has 0 aliphatic carbocycles. The number of phenolic OH excluding ortho intramolecular Hbond substituents is 1. The van der Waals surface area contributed by atoms with Crippen LogP contribution in [0.5, 0.6) is 5.75 Å². The minimum absolute atomic E-state index is 0.115. The number of anilines is 1. The van der Waals surface area contributed by atoms with Crippen molar-refractivity contribution in [2.24, 2.45) is 4.99 Å². The maximum atomic E-state index is 13.2. The second kappa shape index (κ2) is 8.04. The van der Waals surface area contributed by atoms with Gasteiger partial charge in [0.25, 0.3) is 5.91 Å². The monoisotopic (exact) mass is 450 g/mol. The highest BCUT2D eigenvalue weighted by atomic mass is 79.9. The molecule has 138 valence electrons. The Bertz CT molecular complexity index is 1080. The summed E-state index contributed by atoms with van der Waals surface area (Å²) in [5.41, 5.74) is 2.08. The molecule has 0 bridgehead atoms. The lowest BCUT2D eigenvalue weighted by Gasteiger charge is -2.15. The third-order valence-corrected chi connectivity index (χ3v) is 5.54. The van der Waals surface area contributed by atoms with Crippen LogP contribution in [0.2, 0.25) is 0 Å². The molecular weight excluding hydrogens is 436 g/mol. The molecule has 0 unspecified atom stereocenters. The van der Waals surface area contributed by atoms with Crippen molar-refractivity contribution in [3.8, 4) is 5.75 Å².